The second-order valence-electron chi connectivity index (χ2n) is 3.96. The first-order valence-corrected chi connectivity index (χ1v) is 5.88. The molecule has 1 heterocycles. The normalized spacial score (nSPS) is 10.2. The summed E-state index contributed by atoms with van der Waals surface area (Å²) in [7, 11) is 2.69. The summed E-state index contributed by atoms with van der Waals surface area (Å²) in [6.45, 7) is 0.322. The SMILES string of the molecule is COC(=O)c1ccc(CNc2ccc(OC)c(F)c2)o1. The number of methoxy groups -OCH3 is 2. The van der Waals surface area contributed by atoms with Crippen LogP contribution >= 0.6 is 0 Å². The lowest BCUT2D eigenvalue weighted by molar-refractivity contribution is 0.0563. The van der Waals surface area contributed by atoms with Gasteiger partial charge in [0, 0.05) is 11.8 Å². The number of anilines is 1. The summed E-state index contributed by atoms with van der Waals surface area (Å²) in [5.41, 5.74) is 0.583. The maximum atomic E-state index is 13.5. The average Bonchev–Trinajstić information content (AvgIpc) is 2.93. The first kappa shape index (κ1) is 13.9. The van der Waals surface area contributed by atoms with Gasteiger partial charge < -0.3 is 19.2 Å². The van der Waals surface area contributed by atoms with Gasteiger partial charge in [-0.15, -0.1) is 0 Å². The third-order valence-electron chi connectivity index (χ3n) is 2.67. The lowest BCUT2D eigenvalue weighted by atomic mass is 10.3. The fraction of sp³-hybridized carbons (Fsp3) is 0.214. The quantitative estimate of drug-likeness (QED) is 0.853. The maximum absolute atomic E-state index is 13.5. The number of halogens is 1. The molecule has 0 unspecified atom stereocenters. The van der Waals surface area contributed by atoms with Crippen LogP contribution in [-0.2, 0) is 11.3 Å². The van der Waals surface area contributed by atoms with Crippen molar-refractivity contribution in [1.82, 2.24) is 0 Å². The van der Waals surface area contributed by atoms with Crippen molar-refractivity contribution < 1.29 is 23.1 Å². The summed E-state index contributed by atoms with van der Waals surface area (Å²) in [5, 5.41) is 2.98. The third-order valence-corrected chi connectivity index (χ3v) is 2.67. The predicted octanol–water partition coefficient (Wildman–Crippen LogP) is 2.83. The summed E-state index contributed by atoms with van der Waals surface area (Å²) in [4.78, 5) is 11.2. The molecule has 1 aromatic carbocycles. The van der Waals surface area contributed by atoms with E-state index in [9.17, 15) is 9.18 Å². The van der Waals surface area contributed by atoms with Gasteiger partial charge in [0.1, 0.15) is 5.76 Å². The van der Waals surface area contributed by atoms with E-state index in [2.05, 4.69) is 10.1 Å². The first-order valence-electron chi connectivity index (χ1n) is 5.88. The summed E-state index contributed by atoms with van der Waals surface area (Å²) in [6, 6.07) is 7.71. The van der Waals surface area contributed by atoms with Gasteiger partial charge in [-0.25, -0.2) is 9.18 Å². The van der Waals surface area contributed by atoms with Crippen LogP contribution in [0.1, 0.15) is 16.3 Å². The molecule has 20 heavy (non-hydrogen) atoms. The van der Waals surface area contributed by atoms with E-state index in [0.717, 1.165) is 0 Å². The Balaban J connectivity index is 2.00. The molecular weight excluding hydrogens is 265 g/mol. The first-order chi connectivity index (χ1) is 9.63. The van der Waals surface area contributed by atoms with Crippen LogP contribution in [0.25, 0.3) is 0 Å². The van der Waals surface area contributed by atoms with Crippen molar-refractivity contribution in [3.05, 3.63) is 47.7 Å². The minimum atomic E-state index is -0.535. The molecule has 0 amide bonds. The zero-order valence-corrected chi connectivity index (χ0v) is 11.1. The highest BCUT2D eigenvalue weighted by Gasteiger charge is 2.11. The molecule has 1 aromatic heterocycles. The number of ether oxygens (including phenoxy) is 2. The average molecular weight is 279 g/mol. The van der Waals surface area contributed by atoms with Crippen molar-refractivity contribution in [2.75, 3.05) is 19.5 Å². The minimum absolute atomic E-state index is 0.130. The zero-order chi connectivity index (χ0) is 14.5. The molecule has 2 aromatic rings. The lowest BCUT2D eigenvalue weighted by Gasteiger charge is -2.07. The molecule has 0 spiro atoms. The number of hydrogen-bond acceptors (Lipinski definition) is 5. The van der Waals surface area contributed by atoms with Gasteiger partial charge in [0.05, 0.1) is 20.8 Å². The number of carbonyl (C=O) groups excluding carboxylic acids is 1. The number of rotatable bonds is 5. The van der Waals surface area contributed by atoms with Gasteiger partial charge in [0.2, 0.25) is 5.76 Å². The standard InChI is InChI=1S/C14H14FNO4/c1-18-12-5-3-9(7-11(12)15)16-8-10-4-6-13(20-10)14(17)19-2/h3-7,16H,8H2,1-2H3. The molecule has 2 rings (SSSR count). The second-order valence-corrected chi connectivity index (χ2v) is 3.96. The molecule has 0 aliphatic heterocycles. The summed E-state index contributed by atoms with van der Waals surface area (Å²) >= 11 is 0. The van der Waals surface area contributed by atoms with Crippen LogP contribution in [0.2, 0.25) is 0 Å². The van der Waals surface area contributed by atoms with Crippen molar-refractivity contribution >= 4 is 11.7 Å². The van der Waals surface area contributed by atoms with Crippen LogP contribution in [0.4, 0.5) is 10.1 Å². The Morgan fingerprint density at radius 1 is 1.30 bits per heavy atom. The molecule has 1 N–H and O–H groups in total. The van der Waals surface area contributed by atoms with Crippen molar-refractivity contribution in [3.63, 3.8) is 0 Å². The Labute approximate surface area is 115 Å². The lowest BCUT2D eigenvalue weighted by Crippen LogP contribution is -2.00. The van der Waals surface area contributed by atoms with E-state index >= 15 is 0 Å². The van der Waals surface area contributed by atoms with Gasteiger partial charge in [-0.2, -0.15) is 0 Å². The van der Waals surface area contributed by atoms with Crippen LogP contribution in [0.3, 0.4) is 0 Å². The van der Waals surface area contributed by atoms with Gasteiger partial charge in [0.15, 0.2) is 11.6 Å². The van der Waals surface area contributed by atoms with Gasteiger partial charge in [0.25, 0.3) is 0 Å². The van der Waals surface area contributed by atoms with Crippen molar-refractivity contribution in [2.24, 2.45) is 0 Å². The number of hydrogen-bond donors (Lipinski definition) is 1. The number of benzene rings is 1. The van der Waals surface area contributed by atoms with Crippen molar-refractivity contribution in [1.29, 1.82) is 0 Å². The number of nitrogens with one attached hydrogen (secondary N) is 1. The fourth-order valence-corrected chi connectivity index (χ4v) is 1.65. The van der Waals surface area contributed by atoms with Gasteiger partial charge in [-0.05, 0) is 24.3 Å². The monoisotopic (exact) mass is 279 g/mol. The molecule has 0 atom stereocenters. The minimum Gasteiger partial charge on any atom is -0.494 e. The third kappa shape index (κ3) is 3.09. The molecule has 0 aliphatic carbocycles. The van der Waals surface area contributed by atoms with Crippen LogP contribution < -0.4 is 10.1 Å². The molecule has 5 nitrogen and oxygen atoms in total. The fourth-order valence-electron chi connectivity index (χ4n) is 1.65. The van der Waals surface area contributed by atoms with Crippen LogP contribution in [0.5, 0.6) is 5.75 Å². The van der Waals surface area contributed by atoms with E-state index in [-0.39, 0.29) is 11.5 Å². The van der Waals surface area contributed by atoms with E-state index in [0.29, 0.717) is 18.0 Å². The molecule has 0 fully saturated rings. The largest absolute Gasteiger partial charge is 0.494 e. The summed E-state index contributed by atoms with van der Waals surface area (Å²) in [6.07, 6.45) is 0. The highest BCUT2D eigenvalue weighted by Crippen LogP contribution is 2.21. The molecule has 0 bridgehead atoms. The van der Waals surface area contributed by atoms with Gasteiger partial charge in [-0.1, -0.05) is 0 Å². The molecule has 0 aliphatic rings. The maximum Gasteiger partial charge on any atom is 0.373 e. The summed E-state index contributed by atoms with van der Waals surface area (Å²) < 4.78 is 28.1. The van der Waals surface area contributed by atoms with E-state index in [1.54, 1.807) is 12.1 Å². The van der Waals surface area contributed by atoms with E-state index in [1.807, 2.05) is 0 Å². The Kier molecular flexibility index (Phi) is 4.24. The number of esters is 1. The molecule has 0 saturated carbocycles. The molecule has 0 radical (unpaired) electrons. The molecule has 6 heteroatoms. The highest BCUT2D eigenvalue weighted by molar-refractivity contribution is 5.86. The number of carbonyl (C=O) groups is 1. The Morgan fingerprint density at radius 2 is 2.10 bits per heavy atom. The highest BCUT2D eigenvalue weighted by atomic mass is 19.1. The molecule has 106 valence electrons. The van der Waals surface area contributed by atoms with Crippen molar-refractivity contribution in [3.8, 4) is 5.75 Å². The number of furan rings is 1. The van der Waals surface area contributed by atoms with E-state index < -0.39 is 11.8 Å². The van der Waals surface area contributed by atoms with Gasteiger partial charge in [-0.3, -0.25) is 0 Å². The topological polar surface area (TPSA) is 60.7 Å². The van der Waals surface area contributed by atoms with E-state index in [4.69, 9.17) is 9.15 Å². The Bertz CT molecular complexity index is 609. The summed E-state index contributed by atoms with van der Waals surface area (Å²) in [5.74, 6) is -0.132. The van der Waals surface area contributed by atoms with Crippen LogP contribution in [0.15, 0.2) is 34.7 Å². The second kappa shape index (κ2) is 6.10. The molecule has 0 saturated heterocycles. The van der Waals surface area contributed by atoms with Crippen LogP contribution in [0, 0.1) is 5.82 Å². The zero-order valence-electron chi connectivity index (χ0n) is 11.1. The Hall–Kier alpha value is -2.50. The van der Waals surface area contributed by atoms with E-state index in [1.165, 1.54) is 32.4 Å². The van der Waals surface area contributed by atoms with Gasteiger partial charge >= 0.3 is 5.97 Å². The Morgan fingerprint density at radius 3 is 2.75 bits per heavy atom. The van der Waals surface area contributed by atoms with Crippen LogP contribution in [-0.4, -0.2) is 20.2 Å². The molecular formula is C14H14FNO4. The predicted molar refractivity (Wildman–Crippen MR) is 70.3 cm³/mol. The smallest absolute Gasteiger partial charge is 0.373 e. The van der Waals surface area contributed by atoms with Crippen molar-refractivity contribution in [2.45, 2.75) is 6.54 Å².